The first kappa shape index (κ1) is 18.1. The lowest BCUT2D eigenvalue weighted by Crippen LogP contribution is -2.29. The lowest BCUT2D eigenvalue weighted by atomic mass is 10.1. The van der Waals surface area contributed by atoms with Crippen LogP contribution in [0.1, 0.15) is 16.7 Å². The molecule has 0 aliphatic heterocycles. The summed E-state index contributed by atoms with van der Waals surface area (Å²) in [6.45, 7) is 6.47. The van der Waals surface area contributed by atoms with Crippen molar-refractivity contribution in [3.05, 3.63) is 77.7 Å². The summed E-state index contributed by atoms with van der Waals surface area (Å²) in [5, 5.41) is 0. The lowest BCUT2D eigenvalue weighted by Gasteiger charge is -2.09. The number of hydrogen-bond acceptors (Lipinski definition) is 2. The molecule has 0 saturated heterocycles. The quantitative estimate of drug-likeness (QED) is 0.479. The van der Waals surface area contributed by atoms with E-state index in [1.165, 1.54) is 22.4 Å². The van der Waals surface area contributed by atoms with Crippen LogP contribution in [0.25, 0.3) is 22.5 Å². The number of imidazole rings is 1. The average Bonchev–Trinajstić information content (AvgIpc) is 3.10. The highest BCUT2D eigenvalue weighted by Gasteiger charge is 2.19. The highest BCUT2D eigenvalue weighted by molar-refractivity contribution is 5.71. The number of pyridine rings is 1. The van der Waals surface area contributed by atoms with E-state index in [0.29, 0.717) is 0 Å². The molecule has 0 bridgehead atoms. The van der Waals surface area contributed by atoms with Gasteiger partial charge in [-0.1, -0.05) is 23.8 Å². The van der Waals surface area contributed by atoms with Gasteiger partial charge in [0, 0.05) is 6.07 Å². The molecule has 4 heteroatoms. The van der Waals surface area contributed by atoms with Crippen molar-refractivity contribution in [2.24, 2.45) is 0 Å². The molecule has 28 heavy (non-hydrogen) atoms. The summed E-state index contributed by atoms with van der Waals surface area (Å²) in [7, 11) is 3.35. The fourth-order valence-corrected chi connectivity index (χ4v) is 4.00. The second kappa shape index (κ2) is 7.04. The summed E-state index contributed by atoms with van der Waals surface area (Å²) in [5.41, 5.74) is 8.25. The Hall–Kier alpha value is -3.27. The van der Waals surface area contributed by atoms with Gasteiger partial charge in [0.25, 0.3) is 6.33 Å². The molecule has 0 unspecified atom stereocenters. The van der Waals surface area contributed by atoms with E-state index >= 15 is 0 Å². The van der Waals surface area contributed by atoms with Gasteiger partial charge in [0.05, 0.1) is 19.8 Å². The highest BCUT2D eigenvalue weighted by Crippen LogP contribution is 2.33. The van der Waals surface area contributed by atoms with Crippen LogP contribution in [-0.2, 0) is 0 Å². The van der Waals surface area contributed by atoms with E-state index in [-0.39, 0.29) is 0 Å². The summed E-state index contributed by atoms with van der Waals surface area (Å²) in [4.78, 5) is 0. The van der Waals surface area contributed by atoms with Crippen LogP contribution in [-0.4, -0.2) is 18.6 Å². The van der Waals surface area contributed by atoms with Gasteiger partial charge in [-0.05, 0) is 56.2 Å². The number of aryl methyl sites for hydroxylation is 3. The van der Waals surface area contributed by atoms with Crippen LogP contribution in [0.15, 0.2) is 61.1 Å². The van der Waals surface area contributed by atoms with Crippen LogP contribution in [0, 0.1) is 20.8 Å². The summed E-state index contributed by atoms with van der Waals surface area (Å²) in [5.74, 6) is 1.57. The summed E-state index contributed by atoms with van der Waals surface area (Å²) in [6.07, 6.45) is 4.31. The Morgan fingerprint density at radius 1 is 0.857 bits per heavy atom. The van der Waals surface area contributed by atoms with Gasteiger partial charge in [-0.25, -0.2) is 4.57 Å². The predicted molar refractivity (Wildman–Crippen MR) is 112 cm³/mol. The van der Waals surface area contributed by atoms with Crippen LogP contribution in [0.5, 0.6) is 11.5 Å². The van der Waals surface area contributed by atoms with Crippen molar-refractivity contribution in [2.45, 2.75) is 20.8 Å². The van der Waals surface area contributed by atoms with E-state index in [0.717, 1.165) is 28.3 Å². The highest BCUT2D eigenvalue weighted by atomic mass is 16.5. The Balaban J connectivity index is 1.92. The van der Waals surface area contributed by atoms with Gasteiger partial charge in [0.2, 0.25) is 0 Å². The lowest BCUT2D eigenvalue weighted by molar-refractivity contribution is -0.594. The van der Waals surface area contributed by atoms with Gasteiger partial charge in [-0.3, -0.25) is 0 Å². The second-order valence-corrected chi connectivity index (χ2v) is 7.17. The Morgan fingerprint density at radius 3 is 2.29 bits per heavy atom. The Labute approximate surface area is 165 Å². The SMILES string of the molecule is COc1ccc(-c2cccc3c[n+](-c4c(C)cc(C)cc4C)cn23)c(OC)c1. The van der Waals surface area contributed by atoms with Crippen molar-refractivity contribution in [1.29, 1.82) is 0 Å². The molecular weight excluding hydrogens is 348 g/mol. The van der Waals surface area contributed by atoms with Crippen LogP contribution in [0.3, 0.4) is 0 Å². The molecule has 2 aromatic carbocycles. The van der Waals surface area contributed by atoms with Gasteiger partial charge in [0.1, 0.15) is 29.1 Å². The van der Waals surface area contributed by atoms with E-state index in [1.807, 2.05) is 18.2 Å². The van der Waals surface area contributed by atoms with Crippen molar-refractivity contribution in [3.63, 3.8) is 0 Å². The molecule has 4 rings (SSSR count). The Kier molecular flexibility index (Phi) is 4.55. The molecule has 0 amide bonds. The number of fused-ring (bicyclic) bond motifs is 1. The number of benzene rings is 2. The summed E-state index contributed by atoms with van der Waals surface area (Å²) >= 11 is 0. The maximum atomic E-state index is 5.63. The van der Waals surface area contributed by atoms with Gasteiger partial charge in [-0.2, -0.15) is 4.40 Å². The molecular formula is C24H25N2O2+. The number of ether oxygens (including phenoxy) is 2. The normalized spacial score (nSPS) is 11.0. The zero-order chi connectivity index (χ0) is 19.8. The second-order valence-electron chi connectivity index (χ2n) is 7.17. The summed E-state index contributed by atoms with van der Waals surface area (Å²) in [6, 6.07) is 16.7. The number of rotatable bonds is 4. The zero-order valence-electron chi connectivity index (χ0n) is 17.0. The zero-order valence-corrected chi connectivity index (χ0v) is 17.0. The molecule has 4 nitrogen and oxygen atoms in total. The Morgan fingerprint density at radius 2 is 1.61 bits per heavy atom. The van der Waals surface area contributed by atoms with Gasteiger partial charge < -0.3 is 9.47 Å². The first-order valence-corrected chi connectivity index (χ1v) is 9.35. The Bertz CT molecular complexity index is 1150. The van der Waals surface area contributed by atoms with E-state index in [1.54, 1.807) is 14.2 Å². The van der Waals surface area contributed by atoms with Crippen molar-refractivity contribution < 1.29 is 14.0 Å². The van der Waals surface area contributed by atoms with Gasteiger partial charge in [-0.15, -0.1) is 0 Å². The molecule has 0 N–H and O–H groups in total. The molecule has 0 aliphatic rings. The molecule has 0 radical (unpaired) electrons. The van der Waals surface area contributed by atoms with Gasteiger partial charge >= 0.3 is 0 Å². The number of nitrogens with zero attached hydrogens (tertiary/aromatic N) is 2. The number of hydrogen-bond donors (Lipinski definition) is 0. The summed E-state index contributed by atoms with van der Waals surface area (Å²) < 4.78 is 15.4. The van der Waals surface area contributed by atoms with Crippen molar-refractivity contribution in [1.82, 2.24) is 4.40 Å². The van der Waals surface area contributed by atoms with Gasteiger partial charge in [0.15, 0.2) is 5.52 Å². The molecule has 4 aromatic rings. The van der Waals surface area contributed by atoms with E-state index in [4.69, 9.17) is 9.47 Å². The molecule has 2 heterocycles. The third kappa shape index (κ3) is 3.01. The topological polar surface area (TPSA) is 26.8 Å². The van der Waals surface area contributed by atoms with Crippen molar-refractivity contribution in [2.75, 3.05) is 14.2 Å². The fourth-order valence-electron chi connectivity index (χ4n) is 4.00. The molecule has 0 spiro atoms. The average molecular weight is 373 g/mol. The van der Waals surface area contributed by atoms with Crippen LogP contribution in [0.2, 0.25) is 0 Å². The fraction of sp³-hybridized carbons (Fsp3) is 0.208. The first-order valence-electron chi connectivity index (χ1n) is 9.35. The van der Waals surface area contributed by atoms with Crippen LogP contribution in [0.4, 0.5) is 0 Å². The number of aromatic nitrogens is 2. The minimum absolute atomic E-state index is 0.779. The standard InChI is InChI=1S/C24H25N2O2/c1-16-11-17(2)24(18(3)12-16)25-14-19-7-6-8-22(26(19)15-25)21-10-9-20(27-4)13-23(21)28-5/h6-15H,1-5H3/q+1. The minimum atomic E-state index is 0.779. The third-order valence-corrected chi connectivity index (χ3v) is 5.15. The van der Waals surface area contributed by atoms with Crippen molar-refractivity contribution in [3.8, 4) is 28.4 Å². The molecule has 0 aliphatic carbocycles. The third-order valence-electron chi connectivity index (χ3n) is 5.15. The number of methoxy groups -OCH3 is 2. The van der Waals surface area contributed by atoms with Crippen LogP contribution >= 0.6 is 0 Å². The van der Waals surface area contributed by atoms with E-state index in [2.05, 4.69) is 72.6 Å². The monoisotopic (exact) mass is 373 g/mol. The molecule has 2 aromatic heterocycles. The van der Waals surface area contributed by atoms with E-state index in [9.17, 15) is 0 Å². The molecule has 0 saturated carbocycles. The van der Waals surface area contributed by atoms with Crippen molar-refractivity contribution >= 4 is 5.52 Å². The van der Waals surface area contributed by atoms with E-state index < -0.39 is 0 Å². The largest absolute Gasteiger partial charge is 0.497 e. The maximum absolute atomic E-state index is 5.63. The van der Waals surface area contributed by atoms with Crippen LogP contribution < -0.4 is 14.0 Å². The maximum Gasteiger partial charge on any atom is 0.254 e. The first-order chi connectivity index (χ1) is 13.5. The predicted octanol–water partition coefficient (Wildman–Crippen LogP) is 4.83. The molecule has 0 fully saturated rings. The molecule has 0 atom stereocenters. The molecule has 142 valence electrons. The minimum Gasteiger partial charge on any atom is -0.497 e. The smallest absolute Gasteiger partial charge is 0.254 e.